The van der Waals surface area contributed by atoms with Gasteiger partial charge in [0, 0.05) is 48.7 Å². The van der Waals surface area contributed by atoms with E-state index in [9.17, 15) is 19.8 Å². The Hall–Kier alpha value is -5.39. The van der Waals surface area contributed by atoms with E-state index in [-0.39, 0.29) is 24.2 Å². The Morgan fingerprint density at radius 1 is 0.800 bits per heavy atom. The number of carbonyl (C=O) groups excluding carboxylic acids is 1. The molecule has 0 fully saturated rings. The fourth-order valence-electron chi connectivity index (χ4n) is 6.28. The van der Waals surface area contributed by atoms with Gasteiger partial charge < -0.3 is 20.3 Å². The molecule has 0 radical (unpaired) electrons. The molecule has 3 atom stereocenters. The van der Waals surface area contributed by atoms with Crippen LogP contribution in [-0.4, -0.2) is 66.8 Å². The molecule has 0 saturated heterocycles. The van der Waals surface area contributed by atoms with Crippen LogP contribution in [0.2, 0.25) is 0 Å². The van der Waals surface area contributed by atoms with Crippen molar-refractivity contribution in [3.63, 3.8) is 0 Å². The summed E-state index contributed by atoms with van der Waals surface area (Å²) in [5.41, 5.74) is 5.65. The number of benzene rings is 3. The summed E-state index contributed by atoms with van der Waals surface area (Å²) in [6.07, 6.45) is 11.8. The van der Waals surface area contributed by atoms with Crippen LogP contribution < -0.4 is 15.4 Å². The van der Waals surface area contributed by atoms with Crippen molar-refractivity contribution in [2.24, 2.45) is 7.05 Å². The van der Waals surface area contributed by atoms with E-state index in [0.29, 0.717) is 17.0 Å². The summed E-state index contributed by atoms with van der Waals surface area (Å²) < 4.78 is 7.50. The smallest absolute Gasteiger partial charge is 0.321 e. The first-order chi connectivity index (χ1) is 26.4. The highest BCUT2D eigenvalue weighted by Crippen LogP contribution is 2.25. The third kappa shape index (κ3) is 12.1. The highest BCUT2D eigenvalue weighted by atomic mass is 16.5. The largest absolute Gasteiger partial charge is 0.494 e. The molecule has 0 saturated carbocycles. The summed E-state index contributed by atoms with van der Waals surface area (Å²) in [5, 5.41) is 31.3. The number of nitrogens with zero attached hydrogens (tertiary/aromatic N) is 4. The highest BCUT2D eigenvalue weighted by Gasteiger charge is 2.28. The van der Waals surface area contributed by atoms with Crippen molar-refractivity contribution in [1.29, 1.82) is 0 Å². The maximum Gasteiger partial charge on any atom is 0.321 e. The zero-order valence-electron chi connectivity index (χ0n) is 32.5. The highest BCUT2D eigenvalue weighted by molar-refractivity contribution is 5.94. The molecule has 55 heavy (non-hydrogen) atoms. The van der Waals surface area contributed by atoms with Gasteiger partial charge in [0.25, 0.3) is 5.91 Å². The van der Waals surface area contributed by atoms with Crippen LogP contribution >= 0.6 is 0 Å². The maximum atomic E-state index is 13.5. The minimum atomic E-state index is -1.39. The molecule has 0 aliphatic heterocycles. The standard InChI is InChI=1S/C44H54N6O5/c1-6-7-8-9-10-23-55-37-21-17-32(18-22-37)35-27-45-40(46-28-35)33-13-11-30(12-14-33)24-38(48-41(51)34-15-19-36(20-16-34)44(2,3)4)42(52)49-39(43(53)54)25-31-26-47-50(5)29-31/h11-22,26-29,38-39,42,49,52H,6-10,23-25H2,1-5H3,(H,48,51)(H,53,54)/t38-,39-,42?/m0/s1. The maximum absolute atomic E-state index is 13.5. The first kappa shape index (κ1) is 40.8. The van der Waals surface area contributed by atoms with Gasteiger partial charge in [0.05, 0.1) is 18.8 Å². The van der Waals surface area contributed by atoms with Crippen LogP contribution in [0.4, 0.5) is 0 Å². The molecule has 3 aromatic carbocycles. The van der Waals surface area contributed by atoms with Crippen LogP contribution in [0.25, 0.3) is 22.5 Å². The number of aliphatic hydroxyl groups excluding tert-OH is 1. The molecule has 1 unspecified atom stereocenters. The van der Waals surface area contributed by atoms with Gasteiger partial charge in [-0.1, -0.05) is 102 Å². The normalized spacial score (nSPS) is 13.2. The van der Waals surface area contributed by atoms with E-state index in [2.05, 4.69) is 53.4 Å². The van der Waals surface area contributed by atoms with Crippen molar-refractivity contribution in [1.82, 2.24) is 30.4 Å². The van der Waals surface area contributed by atoms with Gasteiger partial charge >= 0.3 is 5.97 Å². The van der Waals surface area contributed by atoms with Crippen molar-refractivity contribution in [3.8, 4) is 28.3 Å². The number of aliphatic hydroxyl groups is 1. The number of amides is 1. The van der Waals surface area contributed by atoms with Crippen LogP contribution in [0.3, 0.4) is 0 Å². The number of aliphatic carboxylic acids is 1. The second kappa shape index (κ2) is 19.3. The van der Waals surface area contributed by atoms with Crippen LogP contribution in [-0.2, 0) is 30.1 Å². The first-order valence-corrected chi connectivity index (χ1v) is 19.1. The molecule has 4 N–H and O–H groups in total. The molecule has 2 heterocycles. The van der Waals surface area contributed by atoms with Gasteiger partial charge in [-0.2, -0.15) is 5.10 Å². The van der Waals surface area contributed by atoms with Crippen molar-refractivity contribution in [2.45, 2.75) is 96.4 Å². The fourth-order valence-corrected chi connectivity index (χ4v) is 6.28. The third-order valence-corrected chi connectivity index (χ3v) is 9.60. The van der Waals surface area contributed by atoms with Gasteiger partial charge in [0.1, 0.15) is 18.0 Å². The first-order valence-electron chi connectivity index (χ1n) is 19.1. The number of aryl methyl sites for hydroxylation is 1. The van der Waals surface area contributed by atoms with E-state index in [1.807, 2.05) is 60.7 Å². The summed E-state index contributed by atoms with van der Waals surface area (Å²) in [6, 6.07) is 20.9. The van der Waals surface area contributed by atoms with E-state index >= 15 is 0 Å². The topological polar surface area (TPSA) is 151 Å². The number of ether oxygens (including phenoxy) is 1. The van der Waals surface area contributed by atoms with Crippen molar-refractivity contribution in [3.05, 3.63) is 120 Å². The van der Waals surface area contributed by atoms with Crippen molar-refractivity contribution in [2.75, 3.05) is 6.61 Å². The molecule has 0 bridgehead atoms. The van der Waals surface area contributed by atoms with Gasteiger partial charge in [-0.3, -0.25) is 19.6 Å². The Balaban J connectivity index is 1.26. The Labute approximate surface area is 324 Å². The number of carboxylic acid groups (broad SMARTS) is 1. The van der Waals surface area contributed by atoms with Gasteiger partial charge in [-0.05, 0) is 64.8 Å². The van der Waals surface area contributed by atoms with E-state index < -0.39 is 24.3 Å². The molecule has 0 aliphatic rings. The predicted molar refractivity (Wildman–Crippen MR) is 215 cm³/mol. The molecule has 1 amide bonds. The summed E-state index contributed by atoms with van der Waals surface area (Å²) in [4.78, 5) is 35.0. The third-order valence-electron chi connectivity index (χ3n) is 9.60. The van der Waals surface area contributed by atoms with Gasteiger partial charge in [-0.15, -0.1) is 0 Å². The van der Waals surface area contributed by atoms with E-state index in [4.69, 9.17) is 4.74 Å². The van der Waals surface area contributed by atoms with Crippen LogP contribution in [0, 0.1) is 0 Å². The minimum Gasteiger partial charge on any atom is -0.494 e. The molecule has 5 rings (SSSR count). The molecule has 11 heteroatoms. The Bertz CT molecular complexity index is 1950. The van der Waals surface area contributed by atoms with Crippen LogP contribution in [0.15, 0.2) is 97.6 Å². The molecule has 2 aromatic heterocycles. The average Bonchev–Trinajstić information content (AvgIpc) is 3.60. The number of carboxylic acids is 1. The summed E-state index contributed by atoms with van der Waals surface area (Å²) >= 11 is 0. The molecule has 11 nitrogen and oxygen atoms in total. The van der Waals surface area contributed by atoms with Crippen LogP contribution in [0.1, 0.15) is 86.8 Å². The minimum absolute atomic E-state index is 0.0776. The Morgan fingerprint density at radius 2 is 1.45 bits per heavy atom. The number of rotatable bonds is 19. The second-order valence-corrected chi connectivity index (χ2v) is 15.1. The molecule has 5 aromatic rings. The van der Waals surface area contributed by atoms with E-state index in [1.54, 1.807) is 48.6 Å². The molecule has 0 spiro atoms. The summed E-state index contributed by atoms with van der Waals surface area (Å²) in [7, 11) is 1.75. The lowest BCUT2D eigenvalue weighted by atomic mass is 9.86. The van der Waals surface area contributed by atoms with Crippen LogP contribution in [0.5, 0.6) is 5.75 Å². The number of hydrogen-bond acceptors (Lipinski definition) is 8. The number of carbonyl (C=O) groups is 2. The number of unbranched alkanes of at least 4 members (excludes halogenated alkanes) is 4. The van der Waals surface area contributed by atoms with Crippen molar-refractivity contribution < 1.29 is 24.5 Å². The Kier molecular flexibility index (Phi) is 14.3. The number of aromatic nitrogens is 4. The predicted octanol–water partition coefficient (Wildman–Crippen LogP) is 7.14. The second-order valence-electron chi connectivity index (χ2n) is 15.1. The summed E-state index contributed by atoms with van der Waals surface area (Å²) in [5.74, 6) is -0.0994. The lowest BCUT2D eigenvalue weighted by Gasteiger charge is -2.28. The number of hydrogen-bond donors (Lipinski definition) is 4. The van der Waals surface area contributed by atoms with Gasteiger partial charge in [-0.25, -0.2) is 9.97 Å². The lowest BCUT2D eigenvalue weighted by Crippen LogP contribution is -2.56. The SMILES string of the molecule is CCCCCCCOc1ccc(-c2cnc(-c3ccc(C[C@H](NC(=O)c4ccc(C(C)(C)C)cc4)C(O)N[C@@H](Cc4cnn(C)c4)C(=O)O)cc3)nc2)cc1. The van der Waals surface area contributed by atoms with E-state index in [0.717, 1.165) is 46.6 Å². The van der Waals surface area contributed by atoms with Gasteiger partial charge in [0.15, 0.2) is 5.82 Å². The van der Waals surface area contributed by atoms with Crippen molar-refractivity contribution >= 4 is 11.9 Å². The monoisotopic (exact) mass is 746 g/mol. The quantitative estimate of drug-likeness (QED) is 0.0511. The summed E-state index contributed by atoms with van der Waals surface area (Å²) in [6.45, 7) is 9.24. The van der Waals surface area contributed by atoms with Gasteiger partial charge in [0.2, 0.25) is 0 Å². The zero-order valence-corrected chi connectivity index (χ0v) is 32.5. The average molecular weight is 747 g/mol. The molecule has 290 valence electrons. The lowest BCUT2D eigenvalue weighted by molar-refractivity contribution is -0.140. The molecular formula is C44H54N6O5. The zero-order chi connectivity index (χ0) is 39.4. The molecule has 0 aliphatic carbocycles. The Morgan fingerprint density at radius 3 is 2.05 bits per heavy atom. The number of nitrogens with one attached hydrogen (secondary N) is 2. The molecular weight excluding hydrogens is 693 g/mol. The fraction of sp³-hybridized carbons (Fsp3) is 0.386. The van der Waals surface area contributed by atoms with E-state index in [1.165, 1.54) is 25.7 Å².